The summed E-state index contributed by atoms with van der Waals surface area (Å²) >= 11 is 6.17. The number of piperidine rings is 1. The van der Waals surface area contributed by atoms with Gasteiger partial charge >= 0.3 is 0 Å². The van der Waals surface area contributed by atoms with Crippen molar-refractivity contribution in [2.75, 3.05) is 26.8 Å². The van der Waals surface area contributed by atoms with E-state index in [9.17, 15) is 9.59 Å². The predicted octanol–water partition coefficient (Wildman–Crippen LogP) is 0.940. The van der Waals surface area contributed by atoms with Crippen LogP contribution in [0.15, 0.2) is 12.1 Å². The van der Waals surface area contributed by atoms with Crippen molar-refractivity contribution >= 4 is 23.4 Å². The van der Waals surface area contributed by atoms with Gasteiger partial charge in [0.1, 0.15) is 0 Å². The van der Waals surface area contributed by atoms with Crippen molar-refractivity contribution in [2.24, 2.45) is 11.7 Å². The molecule has 1 aromatic carbocycles. The predicted molar refractivity (Wildman–Crippen MR) is 90.6 cm³/mol. The van der Waals surface area contributed by atoms with Gasteiger partial charge in [0.2, 0.25) is 0 Å². The summed E-state index contributed by atoms with van der Waals surface area (Å²) in [7, 11) is 1.43. The lowest BCUT2D eigenvalue weighted by atomic mass is 9.95. The molecule has 2 unspecified atom stereocenters. The molecule has 1 aliphatic heterocycles. The van der Waals surface area contributed by atoms with Crippen molar-refractivity contribution in [1.82, 2.24) is 10.6 Å². The molecule has 4 N–H and O–H groups in total. The Morgan fingerprint density at radius 1 is 1.46 bits per heavy atom. The maximum atomic E-state index is 12.5. The SMILES string of the molecule is COc1cc(C(=O)NC2CCNCC2C)cc(Cl)c1OCC(N)=O. The molecule has 8 heteroatoms. The molecule has 0 aromatic heterocycles. The number of ether oxygens (including phenoxy) is 2. The van der Waals surface area contributed by atoms with E-state index in [-0.39, 0.29) is 35.1 Å². The second-order valence-corrected chi connectivity index (χ2v) is 6.20. The lowest BCUT2D eigenvalue weighted by molar-refractivity contribution is -0.119. The maximum absolute atomic E-state index is 12.5. The van der Waals surface area contributed by atoms with Gasteiger partial charge in [-0.05, 0) is 37.6 Å². The van der Waals surface area contributed by atoms with Crippen molar-refractivity contribution < 1.29 is 19.1 Å². The lowest BCUT2D eigenvalue weighted by Crippen LogP contribution is -2.48. The van der Waals surface area contributed by atoms with E-state index in [1.54, 1.807) is 0 Å². The molecule has 0 saturated carbocycles. The summed E-state index contributed by atoms with van der Waals surface area (Å²) in [5, 5.41) is 6.49. The highest BCUT2D eigenvalue weighted by Gasteiger charge is 2.24. The largest absolute Gasteiger partial charge is 0.493 e. The first kappa shape index (κ1) is 18.4. The van der Waals surface area contributed by atoms with Crippen LogP contribution in [0.1, 0.15) is 23.7 Å². The Labute approximate surface area is 145 Å². The number of nitrogens with one attached hydrogen (secondary N) is 2. The number of hydrogen-bond donors (Lipinski definition) is 3. The summed E-state index contributed by atoms with van der Waals surface area (Å²) in [5.41, 5.74) is 5.43. The van der Waals surface area contributed by atoms with Crippen molar-refractivity contribution in [3.8, 4) is 11.5 Å². The minimum Gasteiger partial charge on any atom is -0.493 e. The minimum absolute atomic E-state index is 0.106. The molecule has 0 radical (unpaired) electrons. The Bertz CT molecular complexity index is 624. The van der Waals surface area contributed by atoms with Crippen LogP contribution in [0.4, 0.5) is 0 Å². The molecule has 132 valence electrons. The third kappa shape index (κ3) is 4.52. The molecule has 1 saturated heterocycles. The number of primary amides is 1. The van der Waals surface area contributed by atoms with Crippen LogP contribution >= 0.6 is 11.6 Å². The molecule has 1 aliphatic rings. The number of carbonyl (C=O) groups is 2. The van der Waals surface area contributed by atoms with E-state index in [0.717, 1.165) is 19.5 Å². The van der Waals surface area contributed by atoms with Gasteiger partial charge in [-0.1, -0.05) is 18.5 Å². The van der Waals surface area contributed by atoms with E-state index in [0.29, 0.717) is 11.5 Å². The third-order valence-electron chi connectivity index (χ3n) is 3.95. The van der Waals surface area contributed by atoms with Crippen molar-refractivity contribution in [1.29, 1.82) is 0 Å². The van der Waals surface area contributed by atoms with Crippen molar-refractivity contribution in [3.63, 3.8) is 0 Å². The zero-order chi connectivity index (χ0) is 17.7. The first-order chi connectivity index (χ1) is 11.4. The van der Waals surface area contributed by atoms with Crippen LogP contribution in [-0.2, 0) is 4.79 Å². The van der Waals surface area contributed by atoms with Crippen LogP contribution in [0.2, 0.25) is 5.02 Å². The highest BCUT2D eigenvalue weighted by atomic mass is 35.5. The first-order valence-electron chi connectivity index (χ1n) is 7.72. The Morgan fingerprint density at radius 3 is 2.83 bits per heavy atom. The fraction of sp³-hybridized carbons (Fsp3) is 0.500. The van der Waals surface area contributed by atoms with Crippen LogP contribution in [0.25, 0.3) is 0 Å². The van der Waals surface area contributed by atoms with Gasteiger partial charge < -0.3 is 25.8 Å². The summed E-state index contributed by atoms with van der Waals surface area (Å²) in [6.07, 6.45) is 0.873. The Hall–Kier alpha value is -1.99. The summed E-state index contributed by atoms with van der Waals surface area (Å²) in [4.78, 5) is 23.4. The minimum atomic E-state index is -0.630. The van der Waals surface area contributed by atoms with Gasteiger partial charge in [0, 0.05) is 11.6 Å². The fourth-order valence-electron chi connectivity index (χ4n) is 2.61. The number of methoxy groups -OCH3 is 1. The van der Waals surface area contributed by atoms with E-state index in [4.69, 9.17) is 26.8 Å². The van der Waals surface area contributed by atoms with Gasteiger partial charge in [-0.2, -0.15) is 0 Å². The zero-order valence-electron chi connectivity index (χ0n) is 13.7. The van der Waals surface area contributed by atoms with Gasteiger partial charge in [0.25, 0.3) is 11.8 Å². The lowest BCUT2D eigenvalue weighted by Gasteiger charge is -2.30. The average molecular weight is 356 g/mol. The number of halogens is 1. The fourth-order valence-corrected chi connectivity index (χ4v) is 2.88. The molecule has 1 heterocycles. The third-order valence-corrected chi connectivity index (χ3v) is 4.23. The Balaban J connectivity index is 2.16. The van der Waals surface area contributed by atoms with Crippen LogP contribution in [0.3, 0.4) is 0 Å². The first-order valence-corrected chi connectivity index (χ1v) is 8.10. The molecular formula is C16H22ClN3O4. The van der Waals surface area contributed by atoms with Gasteiger partial charge in [-0.3, -0.25) is 9.59 Å². The van der Waals surface area contributed by atoms with E-state index in [1.165, 1.54) is 19.2 Å². The van der Waals surface area contributed by atoms with Gasteiger partial charge in [0.15, 0.2) is 18.1 Å². The Kier molecular flexibility index (Phi) is 6.28. The number of amides is 2. The standard InChI is InChI=1S/C16H22ClN3O4/c1-9-7-19-4-3-12(9)20-16(22)10-5-11(17)15(13(6-10)23-2)24-8-14(18)21/h5-6,9,12,19H,3-4,7-8H2,1-2H3,(H2,18,21)(H,20,22). The number of rotatable bonds is 6. The second-order valence-electron chi connectivity index (χ2n) is 5.79. The average Bonchev–Trinajstić information content (AvgIpc) is 2.54. The summed E-state index contributed by atoms with van der Waals surface area (Å²) < 4.78 is 10.5. The van der Waals surface area contributed by atoms with E-state index in [1.807, 2.05) is 0 Å². The molecule has 2 rings (SSSR count). The van der Waals surface area contributed by atoms with E-state index >= 15 is 0 Å². The summed E-state index contributed by atoms with van der Waals surface area (Å²) in [6, 6.07) is 3.12. The molecule has 1 aromatic rings. The van der Waals surface area contributed by atoms with Crippen molar-refractivity contribution in [3.05, 3.63) is 22.7 Å². The molecule has 7 nitrogen and oxygen atoms in total. The highest BCUT2D eigenvalue weighted by molar-refractivity contribution is 6.32. The number of nitrogens with two attached hydrogens (primary N) is 1. The van der Waals surface area contributed by atoms with Gasteiger partial charge in [-0.25, -0.2) is 0 Å². The molecule has 0 bridgehead atoms. The highest BCUT2D eigenvalue weighted by Crippen LogP contribution is 2.36. The number of benzene rings is 1. The molecule has 1 fully saturated rings. The molecule has 2 amide bonds. The zero-order valence-corrected chi connectivity index (χ0v) is 14.5. The quantitative estimate of drug-likeness (QED) is 0.704. The monoisotopic (exact) mass is 355 g/mol. The Morgan fingerprint density at radius 2 is 2.21 bits per heavy atom. The maximum Gasteiger partial charge on any atom is 0.255 e. The number of hydrogen-bond acceptors (Lipinski definition) is 5. The van der Waals surface area contributed by atoms with E-state index in [2.05, 4.69) is 17.6 Å². The molecule has 0 spiro atoms. The second kappa shape index (κ2) is 8.21. The van der Waals surface area contributed by atoms with E-state index < -0.39 is 5.91 Å². The summed E-state index contributed by atoms with van der Waals surface area (Å²) in [5.74, 6) is -0.0551. The molecular weight excluding hydrogens is 334 g/mol. The van der Waals surface area contributed by atoms with Crippen molar-refractivity contribution in [2.45, 2.75) is 19.4 Å². The normalized spacial score (nSPS) is 20.3. The molecule has 24 heavy (non-hydrogen) atoms. The molecule has 2 atom stereocenters. The van der Waals surface area contributed by atoms with Crippen LogP contribution in [0.5, 0.6) is 11.5 Å². The number of carbonyl (C=O) groups excluding carboxylic acids is 2. The van der Waals surface area contributed by atoms with Crippen LogP contribution in [-0.4, -0.2) is 44.7 Å². The molecule has 0 aliphatic carbocycles. The smallest absolute Gasteiger partial charge is 0.255 e. The summed E-state index contributed by atoms with van der Waals surface area (Å²) in [6.45, 7) is 3.51. The van der Waals surface area contributed by atoms with Gasteiger partial charge in [-0.15, -0.1) is 0 Å². The van der Waals surface area contributed by atoms with Gasteiger partial charge in [0.05, 0.1) is 12.1 Å². The topological polar surface area (TPSA) is 103 Å². The van der Waals surface area contributed by atoms with Crippen LogP contribution < -0.4 is 25.8 Å². The van der Waals surface area contributed by atoms with Crippen LogP contribution in [0, 0.1) is 5.92 Å².